The third kappa shape index (κ3) is 3.03. The number of nitrogens with zero attached hydrogens (tertiary/aromatic N) is 1. The van der Waals surface area contributed by atoms with Gasteiger partial charge in [0.25, 0.3) is 0 Å². The number of piperazine rings is 1. The van der Waals surface area contributed by atoms with Crippen LogP contribution < -0.4 is 5.32 Å². The van der Waals surface area contributed by atoms with E-state index in [9.17, 15) is 14.4 Å². The number of carbonyl (C=O) groups is 3. The second-order valence-corrected chi connectivity index (χ2v) is 3.66. The Balaban J connectivity index is 2.53. The predicted molar refractivity (Wildman–Crippen MR) is 55.4 cm³/mol. The monoisotopic (exact) mass is 228 g/mol. The van der Waals surface area contributed by atoms with E-state index in [1.165, 1.54) is 4.90 Å². The third-order valence-electron chi connectivity index (χ3n) is 2.32. The normalized spacial score (nSPS) is 20.9. The highest BCUT2D eigenvalue weighted by Crippen LogP contribution is 2.05. The zero-order chi connectivity index (χ0) is 12.1. The van der Waals surface area contributed by atoms with Crippen molar-refractivity contribution in [2.45, 2.75) is 26.3 Å². The molecular formula is C10H16N2O4. The first-order valence-electron chi connectivity index (χ1n) is 5.27. The van der Waals surface area contributed by atoms with Gasteiger partial charge in [0, 0.05) is 6.61 Å². The summed E-state index contributed by atoms with van der Waals surface area (Å²) < 4.78 is 5.08. The Hall–Kier alpha value is -1.43. The Bertz CT molecular complexity index is 303. The summed E-state index contributed by atoms with van der Waals surface area (Å²) in [4.78, 5) is 35.3. The van der Waals surface area contributed by atoms with Crippen LogP contribution in [0.1, 0.15) is 20.3 Å². The minimum absolute atomic E-state index is 0.0821. The molecule has 16 heavy (non-hydrogen) atoms. The van der Waals surface area contributed by atoms with E-state index in [4.69, 9.17) is 4.74 Å². The molecule has 0 aliphatic carbocycles. The van der Waals surface area contributed by atoms with Gasteiger partial charge < -0.3 is 9.64 Å². The largest absolute Gasteiger partial charge is 0.372 e. The number of imide groups is 1. The summed E-state index contributed by atoms with van der Waals surface area (Å²) in [5.41, 5.74) is 0. The van der Waals surface area contributed by atoms with Crippen molar-refractivity contribution in [1.82, 2.24) is 10.2 Å². The second kappa shape index (κ2) is 5.60. The van der Waals surface area contributed by atoms with Gasteiger partial charge in [-0.25, -0.2) is 0 Å². The lowest BCUT2D eigenvalue weighted by atomic mass is 10.2. The molecule has 1 heterocycles. The van der Waals surface area contributed by atoms with Gasteiger partial charge in [-0.3, -0.25) is 19.7 Å². The first kappa shape index (κ1) is 12.6. The molecule has 0 spiro atoms. The van der Waals surface area contributed by atoms with Crippen LogP contribution in [0.4, 0.5) is 0 Å². The smallest absolute Gasteiger partial charge is 0.249 e. The van der Waals surface area contributed by atoms with Crippen LogP contribution in [-0.2, 0) is 19.1 Å². The molecule has 1 aliphatic heterocycles. The van der Waals surface area contributed by atoms with Crippen LogP contribution in [0.3, 0.4) is 0 Å². The van der Waals surface area contributed by atoms with Crippen LogP contribution in [-0.4, -0.2) is 48.4 Å². The van der Waals surface area contributed by atoms with Gasteiger partial charge in [0.05, 0.1) is 0 Å². The Labute approximate surface area is 93.9 Å². The molecule has 1 N–H and O–H groups in total. The standard InChI is InChI=1S/C10H16N2O4/c1-3-4-16-6-9(14)12-5-8(13)11-10(15)7(12)2/h7H,3-6H2,1-2H3,(H,11,13,15). The van der Waals surface area contributed by atoms with E-state index in [1.54, 1.807) is 6.92 Å². The lowest BCUT2D eigenvalue weighted by Gasteiger charge is -2.31. The maximum absolute atomic E-state index is 11.6. The van der Waals surface area contributed by atoms with Gasteiger partial charge in [-0.05, 0) is 13.3 Å². The predicted octanol–water partition coefficient (Wildman–Crippen LogP) is -0.713. The van der Waals surface area contributed by atoms with E-state index in [2.05, 4.69) is 5.32 Å². The van der Waals surface area contributed by atoms with E-state index < -0.39 is 17.9 Å². The van der Waals surface area contributed by atoms with Gasteiger partial charge in [-0.2, -0.15) is 0 Å². The fraction of sp³-hybridized carbons (Fsp3) is 0.700. The van der Waals surface area contributed by atoms with Crippen LogP contribution >= 0.6 is 0 Å². The first-order valence-corrected chi connectivity index (χ1v) is 5.27. The molecule has 1 unspecified atom stereocenters. The molecule has 0 bridgehead atoms. The van der Waals surface area contributed by atoms with Crippen molar-refractivity contribution in [3.63, 3.8) is 0 Å². The lowest BCUT2D eigenvalue weighted by molar-refractivity contribution is -0.151. The maximum Gasteiger partial charge on any atom is 0.249 e. The SMILES string of the molecule is CCCOCC(=O)N1CC(=O)NC(=O)C1C. The molecule has 0 aromatic rings. The molecule has 6 nitrogen and oxygen atoms in total. The van der Waals surface area contributed by atoms with Gasteiger partial charge in [-0.15, -0.1) is 0 Å². The third-order valence-corrected chi connectivity index (χ3v) is 2.32. The number of carbonyl (C=O) groups excluding carboxylic acids is 3. The fourth-order valence-corrected chi connectivity index (χ4v) is 1.41. The van der Waals surface area contributed by atoms with Gasteiger partial charge in [0.2, 0.25) is 17.7 Å². The number of amides is 3. The summed E-state index contributed by atoms with van der Waals surface area (Å²) in [6.45, 7) is 3.85. The van der Waals surface area contributed by atoms with E-state index in [0.717, 1.165) is 6.42 Å². The number of ether oxygens (including phenoxy) is 1. The van der Waals surface area contributed by atoms with Crippen molar-refractivity contribution < 1.29 is 19.1 Å². The lowest BCUT2D eigenvalue weighted by Crippen LogP contribution is -2.59. The topological polar surface area (TPSA) is 75.7 Å². The molecule has 6 heteroatoms. The van der Waals surface area contributed by atoms with Gasteiger partial charge in [0.1, 0.15) is 19.2 Å². The molecule has 1 atom stereocenters. The van der Waals surface area contributed by atoms with Crippen LogP contribution in [0.15, 0.2) is 0 Å². The number of nitrogens with one attached hydrogen (secondary N) is 1. The zero-order valence-corrected chi connectivity index (χ0v) is 9.49. The molecule has 90 valence electrons. The highest BCUT2D eigenvalue weighted by atomic mass is 16.5. The van der Waals surface area contributed by atoms with E-state index in [-0.39, 0.29) is 19.1 Å². The van der Waals surface area contributed by atoms with Crippen LogP contribution in [0.25, 0.3) is 0 Å². The Morgan fingerprint density at radius 1 is 1.56 bits per heavy atom. The minimum atomic E-state index is -0.615. The number of hydrogen-bond acceptors (Lipinski definition) is 4. The van der Waals surface area contributed by atoms with Crippen molar-refractivity contribution in [3.05, 3.63) is 0 Å². The molecule has 0 aromatic carbocycles. The van der Waals surface area contributed by atoms with Crippen LogP contribution in [0, 0.1) is 0 Å². The molecule has 0 saturated carbocycles. The first-order chi connectivity index (χ1) is 7.56. The highest BCUT2D eigenvalue weighted by Gasteiger charge is 2.33. The summed E-state index contributed by atoms with van der Waals surface area (Å²) >= 11 is 0. The summed E-state index contributed by atoms with van der Waals surface area (Å²) in [5, 5.41) is 2.17. The zero-order valence-electron chi connectivity index (χ0n) is 9.49. The van der Waals surface area contributed by atoms with Gasteiger partial charge in [0.15, 0.2) is 0 Å². The van der Waals surface area contributed by atoms with Crippen molar-refractivity contribution in [1.29, 1.82) is 0 Å². The number of rotatable bonds is 4. The number of hydrogen-bond donors (Lipinski definition) is 1. The highest BCUT2D eigenvalue weighted by molar-refractivity contribution is 6.04. The Morgan fingerprint density at radius 2 is 2.25 bits per heavy atom. The minimum Gasteiger partial charge on any atom is -0.372 e. The van der Waals surface area contributed by atoms with Crippen molar-refractivity contribution in [2.75, 3.05) is 19.8 Å². The second-order valence-electron chi connectivity index (χ2n) is 3.66. The van der Waals surface area contributed by atoms with Crippen molar-refractivity contribution in [2.24, 2.45) is 0 Å². The van der Waals surface area contributed by atoms with E-state index in [0.29, 0.717) is 6.61 Å². The van der Waals surface area contributed by atoms with E-state index >= 15 is 0 Å². The summed E-state index contributed by atoms with van der Waals surface area (Å²) in [5.74, 6) is -1.23. The van der Waals surface area contributed by atoms with Gasteiger partial charge >= 0.3 is 0 Å². The average molecular weight is 228 g/mol. The van der Waals surface area contributed by atoms with E-state index in [1.807, 2.05) is 6.92 Å². The molecule has 0 aromatic heterocycles. The summed E-state index contributed by atoms with van der Waals surface area (Å²) in [6, 6.07) is -0.615. The molecule has 1 aliphatic rings. The van der Waals surface area contributed by atoms with Gasteiger partial charge in [-0.1, -0.05) is 6.92 Å². The van der Waals surface area contributed by atoms with Crippen LogP contribution in [0.2, 0.25) is 0 Å². The fourth-order valence-electron chi connectivity index (χ4n) is 1.41. The van der Waals surface area contributed by atoms with Crippen molar-refractivity contribution in [3.8, 4) is 0 Å². The molecule has 1 saturated heterocycles. The molecule has 0 radical (unpaired) electrons. The summed E-state index contributed by atoms with van der Waals surface area (Å²) in [7, 11) is 0. The molecular weight excluding hydrogens is 212 g/mol. The molecule has 1 rings (SSSR count). The molecule has 3 amide bonds. The Kier molecular flexibility index (Phi) is 4.42. The quantitative estimate of drug-likeness (QED) is 0.509. The Morgan fingerprint density at radius 3 is 2.88 bits per heavy atom. The summed E-state index contributed by atoms with van der Waals surface area (Å²) in [6.07, 6.45) is 0.822. The molecule has 1 fully saturated rings. The van der Waals surface area contributed by atoms with Crippen molar-refractivity contribution >= 4 is 17.7 Å². The van der Waals surface area contributed by atoms with Crippen LogP contribution in [0.5, 0.6) is 0 Å². The average Bonchev–Trinajstić information content (AvgIpc) is 2.23. The maximum atomic E-state index is 11.6.